The first-order chi connectivity index (χ1) is 13.4. The minimum absolute atomic E-state index is 0.0133. The molecule has 1 aromatic carbocycles. The number of hydrogen-bond acceptors (Lipinski definition) is 5. The summed E-state index contributed by atoms with van der Waals surface area (Å²) < 4.78 is 5.77. The van der Waals surface area contributed by atoms with E-state index in [1.807, 2.05) is 43.5 Å². The van der Waals surface area contributed by atoms with Crippen LogP contribution in [0.4, 0.5) is 4.79 Å². The summed E-state index contributed by atoms with van der Waals surface area (Å²) in [7, 11) is 0. The van der Waals surface area contributed by atoms with Crippen LogP contribution >= 0.6 is 11.3 Å². The number of amides is 3. The number of hydrogen-bond donors (Lipinski definition) is 2. The number of nitrogens with zero attached hydrogens (tertiary/aromatic N) is 1. The Bertz CT molecular complexity index is 905. The Morgan fingerprint density at radius 2 is 2.04 bits per heavy atom. The molecule has 2 aromatic rings. The number of aliphatic hydroxyl groups excluding tert-OH is 1. The summed E-state index contributed by atoms with van der Waals surface area (Å²) >= 11 is 1.62. The van der Waals surface area contributed by atoms with E-state index in [1.165, 1.54) is 0 Å². The van der Waals surface area contributed by atoms with Gasteiger partial charge in [-0.25, -0.2) is 4.79 Å². The number of β-amino-alcohol motifs (C(OH)–C–C–N with tert-alkyl or cyclic N) is 1. The van der Waals surface area contributed by atoms with Crippen molar-refractivity contribution in [3.05, 3.63) is 51.2 Å². The van der Waals surface area contributed by atoms with Gasteiger partial charge in [0.05, 0.1) is 6.54 Å². The van der Waals surface area contributed by atoms with Gasteiger partial charge in [-0.05, 0) is 55.7 Å². The SMILES string of the molecule is Cc1cccc(C)c1OC[C@H](O)CN1C(=O)N[C@@]2(CCCc3sccc32)C1=O. The van der Waals surface area contributed by atoms with E-state index in [4.69, 9.17) is 4.74 Å². The van der Waals surface area contributed by atoms with E-state index in [9.17, 15) is 14.7 Å². The zero-order chi connectivity index (χ0) is 19.9. The molecule has 0 saturated carbocycles. The lowest BCUT2D eigenvalue weighted by molar-refractivity contribution is -0.133. The molecule has 0 bridgehead atoms. The molecule has 148 valence electrons. The molecule has 1 spiro atoms. The summed E-state index contributed by atoms with van der Waals surface area (Å²) in [5.41, 5.74) is 1.89. The first kappa shape index (κ1) is 19.0. The molecule has 1 aromatic heterocycles. The summed E-state index contributed by atoms with van der Waals surface area (Å²) in [5.74, 6) is 0.452. The fourth-order valence-corrected chi connectivity index (χ4v) is 5.18. The largest absolute Gasteiger partial charge is 0.490 e. The lowest BCUT2D eigenvalue weighted by Gasteiger charge is -2.31. The number of carbonyl (C=O) groups excluding carboxylic acids is 2. The number of fused-ring (bicyclic) bond motifs is 2. The molecule has 0 unspecified atom stereocenters. The molecular weight excluding hydrogens is 376 g/mol. The Labute approximate surface area is 168 Å². The van der Waals surface area contributed by atoms with Crippen molar-refractivity contribution in [1.82, 2.24) is 10.2 Å². The molecular formula is C21H24N2O4S. The van der Waals surface area contributed by atoms with Gasteiger partial charge < -0.3 is 15.2 Å². The van der Waals surface area contributed by atoms with E-state index in [0.29, 0.717) is 6.42 Å². The number of ether oxygens (including phenoxy) is 1. The van der Waals surface area contributed by atoms with Crippen LogP contribution in [0.2, 0.25) is 0 Å². The second kappa shape index (κ2) is 7.22. The van der Waals surface area contributed by atoms with Gasteiger partial charge in [0.25, 0.3) is 5.91 Å². The van der Waals surface area contributed by atoms with Crippen molar-refractivity contribution < 1.29 is 19.4 Å². The number of aliphatic hydroxyl groups is 1. The highest BCUT2D eigenvalue weighted by Gasteiger charge is 2.54. The van der Waals surface area contributed by atoms with Crippen LogP contribution in [0.15, 0.2) is 29.6 Å². The molecule has 4 rings (SSSR count). The molecule has 0 radical (unpaired) electrons. The molecule has 1 saturated heterocycles. The monoisotopic (exact) mass is 400 g/mol. The van der Waals surface area contributed by atoms with Gasteiger partial charge in [0, 0.05) is 10.4 Å². The molecule has 28 heavy (non-hydrogen) atoms. The maximum Gasteiger partial charge on any atom is 0.325 e. The Morgan fingerprint density at radius 1 is 1.29 bits per heavy atom. The summed E-state index contributed by atoms with van der Waals surface area (Å²) in [6.07, 6.45) is 1.41. The van der Waals surface area contributed by atoms with Gasteiger partial charge in [0.15, 0.2) is 0 Å². The number of aryl methyl sites for hydroxylation is 3. The number of urea groups is 1. The number of para-hydroxylation sites is 1. The van der Waals surface area contributed by atoms with Crippen molar-refractivity contribution in [3.63, 3.8) is 0 Å². The molecule has 3 amide bonds. The third kappa shape index (κ3) is 3.08. The highest BCUT2D eigenvalue weighted by atomic mass is 32.1. The summed E-state index contributed by atoms with van der Waals surface area (Å²) in [6.45, 7) is 3.81. The smallest absolute Gasteiger partial charge is 0.325 e. The van der Waals surface area contributed by atoms with Gasteiger partial charge in [-0.2, -0.15) is 0 Å². The Morgan fingerprint density at radius 3 is 2.79 bits per heavy atom. The standard InChI is InChI=1S/C21H24N2O4S/c1-13-5-3-6-14(2)18(13)27-12-15(24)11-23-19(25)21(22-20(23)26)9-4-7-17-16(21)8-10-28-17/h3,5-6,8,10,15,24H,4,7,9,11-12H2,1-2H3,(H,22,26)/t15-,21-/m1/s1. The van der Waals surface area contributed by atoms with E-state index in [2.05, 4.69) is 5.32 Å². The minimum Gasteiger partial charge on any atom is -0.490 e. The highest BCUT2D eigenvalue weighted by Crippen LogP contribution is 2.42. The van der Waals surface area contributed by atoms with Crippen molar-refractivity contribution in [1.29, 1.82) is 0 Å². The van der Waals surface area contributed by atoms with Crippen LogP contribution in [0.3, 0.4) is 0 Å². The van der Waals surface area contributed by atoms with Gasteiger partial charge in [-0.15, -0.1) is 11.3 Å². The third-order valence-corrected chi connectivity index (χ3v) is 6.54. The normalized spacial score (nSPS) is 22.3. The van der Waals surface area contributed by atoms with E-state index in [1.54, 1.807) is 11.3 Å². The Balaban J connectivity index is 1.46. The molecule has 1 aliphatic carbocycles. The minimum atomic E-state index is -0.974. The van der Waals surface area contributed by atoms with Crippen molar-refractivity contribution >= 4 is 23.3 Å². The summed E-state index contributed by atoms with van der Waals surface area (Å²) in [6, 6.07) is 7.31. The number of imide groups is 1. The summed E-state index contributed by atoms with van der Waals surface area (Å²) in [4.78, 5) is 28.0. The van der Waals surface area contributed by atoms with Crippen LogP contribution in [0.1, 0.15) is 34.4 Å². The quantitative estimate of drug-likeness (QED) is 0.757. The van der Waals surface area contributed by atoms with Crippen molar-refractivity contribution in [2.24, 2.45) is 0 Å². The van der Waals surface area contributed by atoms with Crippen LogP contribution in [0.5, 0.6) is 5.75 Å². The number of benzene rings is 1. The van der Waals surface area contributed by atoms with Crippen LogP contribution in [0, 0.1) is 13.8 Å². The predicted molar refractivity (Wildman–Crippen MR) is 107 cm³/mol. The van der Waals surface area contributed by atoms with Gasteiger partial charge >= 0.3 is 6.03 Å². The highest BCUT2D eigenvalue weighted by molar-refractivity contribution is 7.10. The van der Waals surface area contributed by atoms with E-state index < -0.39 is 17.7 Å². The topological polar surface area (TPSA) is 78.9 Å². The lowest BCUT2D eigenvalue weighted by Crippen LogP contribution is -2.46. The van der Waals surface area contributed by atoms with Gasteiger partial charge in [0.2, 0.25) is 0 Å². The Hall–Kier alpha value is -2.38. The van der Waals surface area contributed by atoms with Crippen LogP contribution in [-0.2, 0) is 16.8 Å². The number of rotatable bonds is 5. The summed E-state index contributed by atoms with van der Waals surface area (Å²) in [5, 5.41) is 15.3. The maximum absolute atomic E-state index is 13.2. The first-order valence-corrected chi connectivity index (χ1v) is 10.4. The Kier molecular flexibility index (Phi) is 4.89. The van der Waals surface area contributed by atoms with E-state index in [-0.39, 0.29) is 19.1 Å². The number of thiophene rings is 1. The predicted octanol–water partition coefficient (Wildman–Crippen LogP) is 2.89. The average Bonchev–Trinajstić information content (AvgIpc) is 3.22. The molecule has 7 heteroatoms. The van der Waals surface area contributed by atoms with Crippen molar-refractivity contribution in [2.45, 2.75) is 44.8 Å². The second-order valence-corrected chi connectivity index (χ2v) is 8.55. The van der Waals surface area contributed by atoms with Gasteiger partial charge in [-0.3, -0.25) is 9.69 Å². The fraction of sp³-hybridized carbons (Fsp3) is 0.429. The average molecular weight is 401 g/mol. The molecule has 2 aliphatic rings. The van der Waals surface area contributed by atoms with Crippen molar-refractivity contribution in [2.75, 3.05) is 13.2 Å². The van der Waals surface area contributed by atoms with Gasteiger partial charge in [-0.1, -0.05) is 18.2 Å². The number of nitrogens with one attached hydrogen (secondary N) is 1. The molecule has 1 fully saturated rings. The lowest BCUT2D eigenvalue weighted by atomic mass is 9.80. The molecule has 2 heterocycles. The second-order valence-electron chi connectivity index (χ2n) is 7.55. The zero-order valence-electron chi connectivity index (χ0n) is 16.0. The van der Waals surface area contributed by atoms with Gasteiger partial charge in [0.1, 0.15) is 24.0 Å². The molecule has 1 aliphatic heterocycles. The van der Waals surface area contributed by atoms with Crippen molar-refractivity contribution in [3.8, 4) is 5.75 Å². The first-order valence-electron chi connectivity index (χ1n) is 9.50. The van der Waals surface area contributed by atoms with Crippen LogP contribution < -0.4 is 10.1 Å². The van der Waals surface area contributed by atoms with E-state index in [0.717, 1.165) is 45.1 Å². The molecule has 2 N–H and O–H groups in total. The third-order valence-electron chi connectivity index (χ3n) is 5.56. The van der Waals surface area contributed by atoms with E-state index >= 15 is 0 Å². The maximum atomic E-state index is 13.2. The number of carbonyl (C=O) groups is 2. The molecule has 2 atom stereocenters. The zero-order valence-corrected chi connectivity index (χ0v) is 16.8. The van der Waals surface area contributed by atoms with Crippen LogP contribution in [0.25, 0.3) is 0 Å². The molecule has 6 nitrogen and oxygen atoms in total. The van der Waals surface area contributed by atoms with Crippen LogP contribution in [-0.4, -0.2) is 41.2 Å². The fourth-order valence-electron chi connectivity index (χ4n) is 4.18.